The third-order valence-corrected chi connectivity index (χ3v) is 5.58. The average Bonchev–Trinajstić information content (AvgIpc) is 2.88. The number of halogens is 1. The van der Waals surface area contributed by atoms with E-state index < -0.39 is 5.97 Å². The number of esters is 1. The van der Waals surface area contributed by atoms with Gasteiger partial charge in [-0.05, 0) is 37.6 Å². The maximum atomic E-state index is 12.5. The van der Waals surface area contributed by atoms with Crippen LogP contribution in [0.2, 0.25) is 5.02 Å². The van der Waals surface area contributed by atoms with Gasteiger partial charge in [0.15, 0.2) is 6.54 Å². The smallest absolute Gasteiger partial charge is 0.341 e. The summed E-state index contributed by atoms with van der Waals surface area (Å²) in [4.78, 5) is 26.4. The predicted octanol–water partition coefficient (Wildman–Crippen LogP) is 2.47. The van der Waals surface area contributed by atoms with E-state index in [-0.39, 0.29) is 12.5 Å². The Balaban J connectivity index is 2.07. The van der Waals surface area contributed by atoms with Gasteiger partial charge in [-0.3, -0.25) is 4.79 Å². The van der Waals surface area contributed by atoms with E-state index in [9.17, 15) is 9.59 Å². The number of thiophene rings is 1. The van der Waals surface area contributed by atoms with Crippen LogP contribution in [-0.2, 0) is 16.1 Å². The maximum Gasteiger partial charge on any atom is 0.341 e. The quantitative estimate of drug-likeness (QED) is 0.687. The second-order valence-electron chi connectivity index (χ2n) is 6.29. The lowest BCUT2D eigenvalue weighted by Crippen LogP contribution is -3.08. The van der Waals surface area contributed by atoms with Gasteiger partial charge >= 0.3 is 5.97 Å². The first-order valence-electron chi connectivity index (χ1n) is 8.38. The van der Waals surface area contributed by atoms with Crippen LogP contribution in [0, 0.1) is 13.8 Å². The van der Waals surface area contributed by atoms with Gasteiger partial charge in [-0.1, -0.05) is 11.6 Å². The van der Waals surface area contributed by atoms with Crippen molar-refractivity contribution in [1.29, 1.82) is 0 Å². The van der Waals surface area contributed by atoms with E-state index >= 15 is 0 Å². The molecule has 1 amide bonds. The Hall–Kier alpha value is -2.09. The minimum Gasteiger partial charge on any atom is -0.496 e. The number of carbonyl (C=O) groups is 2. The van der Waals surface area contributed by atoms with Gasteiger partial charge in [-0.15, -0.1) is 11.3 Å². The van der Waals surface area contributed by atoms with Crippen LogP contribution >= 0.6 is 22.9 Å². The molecule has 1 atom stereocenters. The zero-order chi connectivity index (χ0) is 20.1. The number of likely N-dealkylation sites (N-methyl/N-ethyl adjacent to an activating group) is 1. The summed E-state index contributed by atoms with van der Waals surface area (Å²) >= 11 is 7.43. The third kappa shape index (κ3) is 5.22. The van der Waals surface area contributed by atoms with E-state index in [1.54, 1.807) is 13.2 Å². The van der Waals surface area contributed by atoms with Gasteiger partial charge in [-0.2, -0.15) is 0 Å². The summed E-state index contributed by atoms with van der Waals surface area (Å²) < 4.78 is 10.2. The number of carbonyl (C=O) groups excluding carboxylic acids is 2. The maximum absolute atomic E-state index is 12.5. The van der Waals surface area contributed by atoms with Crippen molar-refractivity contribution in [2.24, 2.45) is 0 Å². The number of hydrogen-bond acceptors (Lipinski definition) is 5. The van der Waals surface area contributed by atoms with Crippen LogP contribution < -0.4 is 15.0 Å². The Morgan fingerprint density at radius 1 is 1.26 bits per heavy atom. The van der Waals surface area contributed by atoms with E-state index in [1.807, 2.05) is 33.0 Å². The summed E-state index contributed by atoms with van der Waals surface area (Å²) in [6.07, 6.45) is 0. The second kappa shape index (κ2) is 9.21. The van der Waals surface area contributed by atoms with Crippen LogP contribution in [0.25, 0.3) is 0 Å². The molecule has 146 valence electrons. The van der Waals surface area contributed by atoms with Gasteiger partial charge in [0, 0.05) is 15.5 Å². The zero-order valence-electron chi connectivity index (χ0n) is 16.1. The average molecular weight is 412 g/mol. The molecule has 8 heteroatoms. The third-order valence-electron chi connectivity index (χ3n) is 4.22. The van der Waals surface area contributed by atoms with Gasteiger partial charge in [0.1, 0.15) is 17.3 Å². The standard InChI is InChI=1S/C19H23ClN2O4S/c1-11-12(2)27-18(17(11)19(24)26-5)21-16(23)10-22(3)9-13-8-14(20)6-7-15(13)25-4/h6-8H,9-10H2,1-5H3,(H,21,23)/p+1. The number of methoxy groups -OCH3 is 2. The van der Waals surface area contributed by atoms with Crippen molar-refractivity contribution in [3.05, 3.63) is 44.8 Å². The van der Waals surface area contributed by atoms with Crippen molar-refractivity contribution < 1.29 is 24.0 Å². The van der Waals surface area contributed by atoms with E-state index in [0.29, 0.717) is 22.1 Å². The number of nitrogens with one attached hydrogen (secondary N) is 2. The summed E-state index contributed by atoms with van der Waals surface area (Å²) in [5.41, 5.74) is 2.17. The predicted molar refractivity (Wildman–Crippen MR) is 107 cm³/mol. The molecule has 0 saturated carbocycles. The molecule has 1 unspecified atom stereocenters. The molecule has 0 radical (unpaired) electrons. The highest BCUT2D eigenvalue weighted by atomic mass is 35.5. The molecule has 1 aromatic heterocycles. The van der Waals surface area contributed by atoms with Crippen LogP contribution in [-0.4, -0.2) is 39.7 Å². The largest absolute Gasteiger partial charge is 0.496 e. The minimum atomic E-state index is -0.448. The number of quaternary nitrogens is 1. The molecule has 0 aliphatic heterocycles. The van der Waals surface area contributed by atoms with E-state index in [0.717, 1.165) is 26.7 Å². The van der Waals surface area contributed by atoms with Gasteiger partial charge in [0.25, 0.3) is 5.91 Å². The number of amides is 1. The molecule has 2 N–H and O–H groups in total. The fourth-order valence-electron chi connectivity index (χ4n) is 2.78. The molecule has 0 spiro atoms. The molecule has 27 heavy (non-hydrogen) atoms. The summed E-state index contributed by atoms with van der Waals surface area (Å²) in [6, 6.07) is 5.41. The molecule has 0 saturated heterocycles. The zero-order valence-corrected chi connectivity index (χ0v) is 17.6. The van der Waals surface area contributed by atoms with E-state index in [4.69, 9.17) is 21.1 Å². The van der Waals surface area contributed by atoms with Crippen LogP contribution in [0.1, 0.15) is 26.4 Å². The fraction of sp³-hybridized carbons (Fsp3) is 0.368. The van der Waals surface area contributed by atoms with Crippen molar-refractivity contribution >= 4 is 39.8 Å². The molecule has 0 aliphatic rings. The molecule has 1 aromatic carbocycles. The van der Waals surface area contributed by atoms with Crippen molar-refractivity contribution in [2.45, 2.75) is 20.4 Å². The van der Waals surface area contributed by atoms with Crippen molar-refractivity contribution in [3.8, 4) is 5.75 Å². The summed E-state index contributed by atoms with van der Waals surface area (Å²) in [6.45, 7) is 4.55. The van der Waals surface area contributed by atoms with E-state index in [1.165, 1.54) is 18.4 Å². The van der Waals surface area contributed by atoms with Gasteiger partial charge < -0.3 is 19.7 Å². The van der Waals surface area contributed by atoms with Crippen LogP contribution in [0.5, 0.6) is 5.75 Å². The molecule has 6 nitrogen and oxygen atoms in total. The number of benzene rings is 1. The molecule has 1 heterocycles. The van der Waals surface area contributed by atoms with Gasteiger partial charge in [-0.25, -0.2) is 4.79 Å². The number of ether oxygens (including phenoxy) is 2. The van der Waals surface area contributed by atoms with Crippen LogP contribution in [0.3, 0.4) is 0 Å². The van der Waals surface area contributed by atoms with Gasteiger partial charge in [0.05, 0.1) is 26.8 Å². The van der Waals surface area contributed by atoms with Gasteiger partial charge in [0.2, 0.25) is 0 Å². The highest BCUT2D eigenvalue weighted by Gasteiger charge is 2.22. The second-order valence-corrected chi connectivity index (χ2v) is 7.96. The topological polar surface area (TPSA) is 69.1 Å². The Labute approximate surface area is 168 Å². The van der Waals surface area contributed by atoms with Crippen molar-refractivity contribution in [3.63, 3.8) is 0 Å². The molecule has 0 aliphatic carbocycles. The highest BCUT2D eigenvalue weighted by molar-refractivity contribution is 7.16. The SMILES string of the molecule is COC(=O)c1c(NC(=O)C[NH+](C)Cc2cc(Cl)ccc2OC)sc(C)c1C. The summed E-state index contributed by atoms with van der Waals surface area (Å²) in [5.74, 6) is 0.105. The Morgan fingerprint density at radius 2 is 1.96 bits per heavy atom. The minimum absolute atomic E-state index is 0.181. The first-order valence-corrected chi connectivity index (χ1v) is 9.58. The molecular formula is C19H24ClN2O4S+. The summed E-state index contributed by atoms with van der Waals surface area (Å²) in [5, 5.41) is 3.99. The highest BCUT2D eigenvalue weighted by Crippen LogP contribution is 2.32. The van der Waals surface area contributed by atoms with Crippen molar-refractivity contribution in [1.82, 2.24) is 0 Å². The summed E-state index contributed by atoms with van der Waals surface area (Å²) in [7, 11) is 4.84. The van der Waals surface area contributed by atoms with E-state index in [2.05, 4.69) is 5.32 Å². The number of rotatable bonds is 7. The van der Waals surface area contributed by atoms with Crippen LogP contribution in [0.4, 0.5) is 5.00 Å². The lowest BCUT2D eigenvalue weighted by Gasteiger charge is -2.16. The first-order chi connectivity index (χ1) is 12.8. The molecule has 2 aromatic rings. The molecule has 0 bridgehead atoms. The Bertz CT molecular complexity index is 850. The Kier molecular flexibility index (Phi) is 7.24. The normalized spacial score (nSPS) is 11.8. The number of anilines is 1. The van der Waals surface area contributed by atoms with Crippen LogP contribution in [0.15, 0.2) is 18.2 Å². The fourth-order valence-corrected chi connectivity index (χ4v) is 4.04. The lowest BCUT2D eigenvalue weighted by molar-refractivity contribution is -0.885. The van der Waals surface area contributed by atoms with Crippen molar-refractivity contribution in [2.75, 3.05) is 33.1 Å². The lowest BCUT2D eigenvalue weighted by atomic mass is 10.1. The monoisotopic (exact) mass is 411 g/mol. The Morgan fingerprint density at radius 3 is 2.59 bits per heavy atom. The molecule has 0 fully saturated rings. The molecule has 2 rings (SSSR count). The number of hydrogen-bond donors (Lipinski definition) is 2. The number of aryl methyl sites for hydroxylation is 1. The first kappa shape index (κ1) is 21.2. The molecular weight excluding hydrogens is 388 g/mol.